The number of carbonyl (C=O) groups excluding carboxylic acids is 1. The molecule has 0 aliphatic carbocycles. The van der Waals surface area contributed by atoms with Crippen molar-refractivity contribution in [2.75, 3.05) is 0 Å². The number of halogens is 3. The van der Waals surface area contributed by atoms with Crippen molar-refractivity contribution >= 4 is 40.8 Å². The summed E-state index contributed by atoms with van der Waals surface area (Å²) in [6.07, 6.45) is 0. The van der Waals surface area contributed by atoms with E-state index in [4.69, 9.17) is 39.5 Å². The fraction of sp³-hybridized carbons (Fsp3) is 0. The molecule has 0 spiro atoms. The van der Waals surface area contributed by atoms with Crippen LogP contribution in [0.3, 0.4) is 0 Å². The van der Waals surface area contributed by atoms with Gasteiger partial charge in [0, 0.05) is 0 Å². The van der Waals surface area contributed by atoms with E-state index in [0.29, 0.717) is 5.75 Å². The van der Waals surface area contributed by atoms with Gasteiger partial charge < -0.3 is 4.74 Å². The van der Waals surface area contributed by atoms with Gasteiger partial charge in [0.25, 0.3) is 0 Å². The maximum atomic E-state index is 12.0. The van der Waals surface area contributed by atoms with Crippen molar-refractivity contribution in [3.8, 4) is 5.75 Å². The highest BCUT2D eigenvalue weighted by Crippen LogP contribution is 2.32. The Kier molecular flexibility index (Phi) is 4.12. The van der Waals surface area contributed by atoms with Crippen LogP contribution in [0.1, 0.15) is 10.4 Å². The molecule has 2 nitrogen and oxygen atoms in total. The lowest BCUT2D eigenvalue weighted by Gasteiger charge is -2.08. The molecule has 92 valence electrons. The number of hydrogen-bond donors (Lipinski definition) is 0. The fourth-order valence-corrected chi connectivity index (χ4v) is 2.04. The SMILES string of the molecule is O=C(Oc1ccccc1)c1c(Cl)ccc(Cl)c1Cl. The molecule has 0 amide bonds. The molecule has 5 heteroatoms. The molecule has 0 heterocycles. The summed E-state index contributed by atoms with van der Waals surface area (Å²) in [5.41, 5.74) is 0.0645. The Morgan fingerprint density at radius 1 is 0.889 bits per heavy atom. The predicted molar refractivity (Wildman–Crippen MR) is 72.9 cm³/mol. The lowest BCUT2D eigenvalue weighted by Crippen LogP contribution is -2.10. The molecule has 0 radical (unpaired) electrons. The Labute approximate surface area is 119 Å². The van der Waals surface area contributed by atoms with Crippen molar-refractivity contribution in [1.82, 2.24) is 0 Å². The monoisotopic (exact) mass is 300 g/mol. The molecule has 0 bridgehead atoms. The van der Waals surface area contributed by atoms with Crippen LogP contribution in [0.2, 0.25) is 15.1 Å². The first-order valence-electron chi connectivity index (χ1n) is 5.00. The molecule has 0 N–H and O–H groups in total. The van der Waals surface area contributed by atoms with E-state index in [-0.39, 0.29) is 20.6 Å². The summed E-state index contributed by atoms with van der Waals surface area (Å²) in [4.78, 5) is 12.0. The van der Waals surface area contributed by atoms with Gasteiger partial charge in [0.05, 0.1) is 20.6 Å². The van der Waals surface area contributed by atoms with Crippen molar-refractivity contribution < 1.29 is 9.53 Å². The van der Waals surface area contributed by atoms with Crippen molar-refractivity contribution in [2.45, 2.75) is 0 Å². The van der Waals surface area contributed by atoms with Crippen molar-refractivity contribution in [3.05, 3.63) is 63.1 Å². The second kappa shape index (κ2) is 5.61. The maximum Gasteiger partial charge on any atom is 0.346 e. The molecule has 2 aromatic carbocycles. The average Bonchev–Trinajstić information content (AvgIpc) is 2.36. The predicted octanol–water partition coefficient (Wildman–Crippen LogP) is 4.87. The summed E-state index contributed by atoms with van der Waals surface area (Å²) in [5, 5.41) is 0.538. The van der Waals surface area contributed by atoms with E-state index >= 15 is 0 Å². The minimum Gasteiger partial charge on any atom is -0.423 e. The van der Waals surface area contributed by atoms with Gasteiger partial charge in [-0.05, 0) is 24.3 Å². The molecule has 0 aliphatic rings. The number of carbonyl (C=O) groups is 1. The number of ether oxygens (including phenoxy) is 1. The zero-order chi connectivity index (χ0) is 13.1. The second-order valence-corrected chi connectivity index (χ2v) is 4.61. The van der Waals surface area contributed by atoms with Crippen LogP contribution in [0, 0.1) is 0 Å². The smallest absolute Gasteiger partial charge is 0.346 e. The van der Waals surface area contributed by atoms with Crippen LogP contribution in [0.4, 0.5) is 0 Å². The van der Waals surface area contributed by atoms with Gasteiger partial charge in [0.15, 0.2) is 0 Å². The van der Waals surface area contributed by atoms with Gasteiger partial charge >= 0.3 is 5.97 Å². The quantitative estimate of drug-likeness (QED) is 0.449. The molecule has 2 rings (SSSR count). The average molecular weight is 302 g/mol. The standard InChI is InChI=1S/C13H7Cl3O2/c14-9-6-7-10(15)12(16)11(9)13(17)18-8-4-2-1-3-5-8/h1-7H. The third-order valence-corrected chi connectivity index (χ3v) is 3.32. The van der Waals surface area contributed by atoms with Gasteiger partial charge in [-0.25, -0.2) is 4.79 Å². The van der Waals surface area contributed by atoms with E-state index in [1.165, 1.54) is 12.1 Å². The molecular weight excluding hydrogens is 294 g/mol. The van der Waals surface area contributed by atoms with Gasteiger partial charge in [0.2, 0.25) is 0 Å². The minimum atomic E-state index is -0.640. The van der Waals surface area contributed by atoms with Crippen LogP contribution in [-0.2, 0) is 0 Å². The summed E-state index contributed by atoms with van der Waals surface area (Å²) in [5.74, 6) is -0.228. The van der Waals surface area contributed by atoms with Gasteiger partial charge in [0.1, 0.15) is 5.75 Å². The molecule has 18 heavy (non-hydrogen) atoms. The lowest BCUT2D eigenvalue weighted by atomic mass is 10.2. The Balaban J connectivity index is 2.33. The van der Waals surface area contributed by atoms with E-state index in [1.54, 1.807) is 24.3 Å². The van der Waals surface area contributed by atoms with Crippen LogP contribution in [0.5, 0.6) is 5.75 Å². The first-order chi connectivity index (χ1) is 8.59. The third-order valence-electron chi connectivity index (χ3n) is 2.20. The van der Waals surface area contributed by atoms with Crippen LogP contribution in [-0.4, -0.2) is 5.97 Å². The van der Waals surface area contributed by atoms with E-state index in [0.717, 1.165) is 0 Å². The lowest BCUT2D eigenvalue weighted by molar-refractivity contribution is 0.0735. The fourth-order valence-electron chi connectivity index (χ4n) is 1.36. The number of hydrogen-bond acceptors (Lipinski definition) is 2. The summed E-state index contributed by atoms with van der Waals surface area (Å²) in [6, 6.07) is 11.7. The molecule has 0 saturated carbocycles. The molecular formula is C13H7Cl3O2. The Hall–Kier alpha value is -1.22. The van der Waals surface area contributed by atoms with Gasteiger partial charge in [-0.1, -0.05) is 53.0 Å². The van der Waals surface area contributed by atoms with Crippen LogP contribution < -0.4 is 4.74 Å². The topological polar surface area (TPSA) is 26.3 Å². The van der Waals surface area contributed by atoms with E-state index in [1.807, 2.05) is 6.07 Å². The highest BCUT2D eigenvalue weighted by atomic mass is 35.5. The minimum absolute atomic E-state index is 0.0645. The summed E-state index contributed by atoms with van der Waals surface area (Å²) >= 11 is 17.7. The third kappa shape index (κ3) is 2.78. The molecule has 0 unspecified atom stereocenters. The highest BCUT2D eigenvalue weighted by molar-refractivity contribution is 6.46. The van der Waals surface area contributed by atoms with Gasteiger partial charge in [-0.2, -0.15) is 0 Å². The van der Waals surface area contributed by atoms with Gasteiger partial charge in [-0.3, -0.25) is 0 Å². The molecule has 0 atom stereocenters. The van der Waals surface area contributed by atoms with Crippen LogP contribution in [0.15, 0.2) is 42.5 Å². The first kappa shape index (κ1) is 13.2. The molecule has 0 aliphatic heterocycles. The Morgan fingerprint density at radius 2 is 1.50 bits per heavy atom. The number of esters is 1. The second-order valence-electron chi connectivity index (χ2n) is 3.42. The normalized spacial score (nSPS) is 10.2. The van der Waals surface area contributed by atoms with Crippen LogP contribution in [0.25, 0.3) is 0 Å². The largest absolute Gasteiger partial charge is 0.423 e. The van der Waals surface area contributed by atoms with Crippen molar-refractivity contribution in [1.29, 1.82) is 0 Å². The van der Waals surface area contributed by atoms with Crippen molar-refractivity contribution in [2.24, 2.45) is 0 Å². The van der Waals surface area contributed by atoms with Crippen LogP contribution >= 0.6 is 34.8 Å². The van der Waals surface area contributed by atoms with Gasteiger partial charge in [-0.15, -0.1) is 0 Å². The van der Waals surface area contributed by atoms with E-state index in [2.05, 4.69) is 0 Å². The number of para-hydroxylation sites is 1. The number of rotatable bonds is 2. The molecule has 0 saturated heterocycles. The molecule has 0 fully saturated rings. The molecule has 0 aromatic heterocycles. The summed E-state index contributed by atoms with van der Waals surface area (Å²) in [6.45, 7) is 0. The van der Waals surface area contributed by atoms with E-state index in [9.17, 15) is 4.79 Å². The number of benzene rings is 2. The van der Waals surface area contributed by atoms with Crippen molar-refractivity contribution in [3.63, 3.8) is 0 Å². The summed E-state index contributed by atoms with van der Waals surface area (Å²) < 4.78 is 5.15. The zero-order valence-electron chi connectivity index (χ0n) is 8.99. The molecule has 2 aromatic rings. The first-order valence-corrected chi connectivity index (χ1v) is 6.13. The Bertz CT molecular complexity index is 582. The summed E-state index contributed by atoms with van der Waals surface area (Å²) in [7, 11) is 0. The zero-order valence-corrected chi connectivity index (χ0v) is 11.3. The van der Waals surface area contributed by atoms with E-state index < -0.39 is 5.97 Å². The highest BCUT2D eigenvalue weighted by Gasteiger charge is 2.19. The maximum absolute atomic E-state index is 12.0. The Morgan fingerprint density at radius 3 is 2.17 bits per heavy atom.